The van der Waals surface area contributed by atoms with Crippen LogP contribution in [0.15, 0.2) is 28.8 Å². The SMILES string of the molecule is CCCCNC(=O)c1ccc(CNC(=O)CCCc2nc(C)no2)cc1. The third-order valence-corrected chi connectivity index (χ3v) is 3.89. The molecule has 2 amide bonds. The van der Waals surface area contributed by atoms with E-state index < -0.39 is 0 Å². The average molecular weight is 358 g/mol. The quantitative estimate of drug-likeness (QED) is 0.636. The van der Waals surface area contributed by atoms with E-state index in [0.29, 0.717) is 49.6 Å². The summed E-state index contributed by atoms with van der Waals surface area (Å²) in [7, 11) is 0. The van der Waals surface area contributed by atoms with E-state index in [1.165, 1.54) is 0 Å². The summed E-state index contributed by atoms with van der Waals surface area (Å²) in [5, 5.41) is 9.47. The smallest absolute Gasteiger partial charge is 0.251 e. The zero-order valence-electron chi connectivity index (χ0n) is 15.4. The van der Waals surface area contributed by atoms with Crippen molar-refractivity contribution in [3.63, 3.8) is 0 Å². The molecule has 0 aliphatic heterocycles. The van der Waals surface area contributed by atoms with Gasteiger partial charge >= 0.3 is 0 Å². The van der Waals surface area contributed by atoms with E-state index in [9.17, 15) is 9.59 Å². The molecule has 26 heavy (non-hydrogen) atoms. The van der Waals surface area contributed by atoms with Crippen LogP contribution in [0.1, 0.15) is 60.2 Å². The Bertz CT molecular complexity index is 710. The first-order chi connectivity index (χ1) is 12.6. The van der Waals surface area contributed by atoms with Crippen molar-refractivity contribution in [2.75, 3.05) is 6.54 Å². The molecule has 7 heteroatoms. The van der Waals surface area contributed by atoms with Crippen molar-refractivity contribution in [3.8, 4) is 0 Å². The van der Waals surface area contributed by atoms with E-state index in [1.54, 1.807) is 19.1 Å². The molecule has 0 unspecified atom stereocenters. The van der Waals surface area contributed by atoms with Crippen LogP contribution in [-0.4, -0.2) is 28.5 Å². The van der Waals surface area contributed by atoms with Gasteiger partial charge in [0.05, 0.1) is 0 Å². The van der Waals surface area contributed by atoms with Crippen LogP contribution in [0.3, 0.4) is 0 Å². The van der Waals surface area contributed by atoms with E-state index in [0.717, 1.165) is 18.4 Å². The highest BCUT2D eigenvalue weighted by atomic mass is 16.5. The molecule has 2 rings (SSSR count). The molecule has 2 N–H and O–H groups in total. The molecule has 0 spiro atoms. The lowest BCUT2D eigenvalue weighted by Crippen LogP contribution is -2.24. The van der Waals surface area contributed by atoms with Crippen molar-refractivity contribution < 1.29 is 14.1 Å². The second-order valence-corrected chi connectivity index (χ2v) is 6.17. The van der Waals surface area contributed by atoms with Crippen LogP contribution in [0.2, 0.25) is 0 Å². The number of amides is 2. The Morgan fingerprint density at radius 3 is 2.54 bits per heavy atom. The normalized spacial score (nSPS) is 10.5. The minimum atomic E-state index is -0.0645. The van der Waals surface area contributed by atoms with E-state index in [-0.39, 0.29) is 11.8 Å². The van der Waals surface area contributed by atoms with Crippen LogP contribution in [0, 0.1) is 6.92 Å². The van der Waals surface area contributed by atoms with E-state index >= 15 is 0 Å². The van der Waals surface area contributed by atoms with Crippen molar-refractivity contribution in [2.45, 2.75) is 52.5 Å². The highest BCUT2D eigenvalue weighted by Crippen LogP contribution is 2.06. The van der Waals surface area contributed by atoms with Gasteiger partial charge in [-0.05, 0) is 37.5 Å². The van der Waals surface area contributed by atoms with Gasteiger partial charge in [-0.15, -0.1) is 0 Å². The third kappa shape index (κ3) is 6.66. The number of hydrogen-bond acceptors (Lipinski definition) is 5. The highest BCUT2D eigenvalue weighted by Gasteiger charge is 2.07. The van der Waals surface area contributed by atoms with Crippen molar-refractivity contribution in [2.24, 2.45) is 0 Å². The lowest BCUT2D eigenvalue weighted by molar-refractivity contribution is -0.121. The lowest BCUT2D eigenvalue weighted by atomic mass is 10.1. The summed E-state index contributed by atoms with van der Waals surface area (Å²) >= 11 is 0. The topological polar surface area (TPSA) is 97.1 Å². The zero-order valence-corrected chi connectivity index (χ0v) is 15.4. The standard InChI is InChI=1S/C19H26N4O3/c1-3-4-12-20-19(25)16-10-8-15(9-11-16)13-21-17(24)6-5-7-18-22-14(2)23-26-18/h8-11H,3-7,12-13H2,1-2H3,(H,20,25)(H,21,24). The Labute approximate surface area is 153 Å². The third-order valence-electron chi connectivity index (χ3n) is 3.89. The maximum absolute atomic E-state index is 11.9. The molecule has 140 valence electrons. The Morgan fingerprint density at radius 1 is 1.12 bits per heavy atom. The number of rotatable bonds is 10. The van der Waals surface area contributed by atoms with Crippen LogP contribution in [0.5, 0.6) is 0 Å². The van der Waals surface area contributed by atoms with Crippen molar-refractivity contribution in [1.29, 1.82) is 0 Å². The fourth-order valence-corrected chi connectivity index (χ4v) is 2.39. The summed E-state index contributed by atoms with van der Waals surface area (Å²) in [4.78, 5) is 27.9. The first-order valence-corrected chi connectivity index (χ1v) is 9.01. The molecule has 0 radical (unpaired) electrons. The largest absolute Gasteiger partial charge is 0.352 e. The van der Waals surface area contributed by atoms with Crippen LogP contribution < -0.4 is 10.6 Å². The molecule has 2 aromatic rings. The molecule has 0 aliphatic carbocycles. The number of carbonyl (C=O) groups excluding carboxylic acids is 2. The molecule has 0 bridgehead atoms. The van der Waals surface area contributed by atoms with Crippen molar-refractivity contribution >= 4 is 11.8 Å². The molecule has 0 saturated carbocycles. The van der Waals surface area contributed by atoms with Crippen LogP contribution in [0.25, 0.3) is 0 Å². The van der Waals surface area contributed by atoms with Gasteiger partial charge in [-0.1, -0.05) is 30.6 Å². The van der Waals surface area contributed by atoms with Gasteiger partial charge in [-0.25, -0.2) is 0 Å². The van der Waals surface area contributed by atoms with Gasteiger partial charge in [0.1, 0.15) is 0 Å². The summed E-state index contributed by atoms with van der Waals surface area (Å²) in [6.45, 7) is 4.98. The van der Waals surface area contributed by atoms with E-state index in [4.69, 9.17) is 4.52 Å². The maximum Gasteiger partial charge on any atom is 0.251 e. The molecular formula is C19H26N4O3. The van der Waals surface area contributed by atoms with Crippen LogP contribution in [0.4, 0.5) is 0 Å². The van der Waals surface area contributed by atoms with E-state index in [2.05, 4.69) is 27.7 Å². The van der Waals surface area contributed by atoms with Gasteiger partial charge in [-0.3, -0.25) is 9.59 Å². The van der Waals surface area contributed by atoms with Crippen molar-refractivity contribution in [3.05, 3.63) is 47.1 Å². The number of aromatic nitrogens is 2. The second kappa shape index (κ2) is 10.3. The number of carbonyl (C=O) groups is 2. The van der Waals surface area contributed by atoms with Crippen LogP contribution >= 0.6 is 0 Å². The molecule has 0 atom stereocenters. The van der Waals surface area contributed by atoms with Crippen LogP contribution in [-0.2, 0) is 17.8 Å². The number of unbranched alkanes of at least 4 members (excludes halogenated alkanes) is 1. The first-order valence-electron chi connectivity index (χ1n) is 9.01. The predicted molar refractivity (Wildman–Crippen MR) is 97.5 cm³/mol. The maximum atomic E-state index is 11.9. The fraction of sp³-hybridized carbons (Fsp3) is 0.474. The Kier molecular flexibility index (Phi) is 7.79. The average Bonchev–Trinajstić information content (AvgIpc) is 3.05. The second-order valence-electron chi connectivity index (χ2n) is 6.17. The predicted octanol–water partition coefficient (Wildman–Crippen LogP) is 2.55. The number of nitrogens with one attached hydrogen (secondary N) is 2. The molecule has 0 fully saturated rings. The monoisotopic (exact) mass is 358 g/mol. The number of nitrogens with zero attached hydrogens (tertiary/aromatic N) is 2. The fourth-order valence-electron chi connectivity index (χ4n) is 2.39. The summed E-state index contributed by atoms with van der Waals surface area (Å²) in [5.41, 5.74) is 1.59. The Balaban J connectivity index is 1.68. The van der Waals surface area contributed by atoms with Gasteiger partial charge in [0, 0.05) is 31.5 Å². The molecule has 7 nitrogen and oxygen atoms in total. The highest BCUT2D eigenvalue weighted by molar-refractivity contribution is 5.94. The summed E-state index contributed by atoms with van der Waals surface area (Å²) < 4.78 is 5.01. The van der Waals surface area contributed by atoms with Crippen molar-refractivity contribution in [1.82, 2.24) is 20.8 Å². The Hall–Kier alpha value is -2.70. The summed E-state index contributed by atoms with van der Waals surface area (Å²) in [5.74, 6) is 1.07. The first kappa shape index (κ1) is 19.6. The van der Waals surface area contributed by atoms with Gasteiger partial charge in [0.25, 0.3) is 5.91 Å². The minimum Gasteiger partial charge on any atom is -0.352 e. The zero-order chi connectivity index (χ0) is 18.8. The number of benzene rings is 1. The minimum absolute atomic E-state index is 0.0253. The van der Waals surface area contributed by atoms with Gasteiger partial charge in [0.2, 0.25) is 11.8 Å². The molecular weight excluding hydrogens is 332 g/mol. The molecule has 1 heterocycles. The van der Waals surface area contributed by atoms with Gasteiger partial charge in [0.15, 0.2) is 5.82 Å². The summed E-state index contributed by atoms with van der Waals surface area (Å²) in [6, 6.07) is 7.27. The number of hydrogen-bond donors (Lipinski definition) is 2. The van der Waals surface area contributed by atoms with E-state index in [1.807, 2.05) is 12.1 Å². The Morgan fingerprint density at radius 2 is 1.88 bits per heavy atom. The summed E-state index contributed by atoms with van der Waals surface area (Å²) in [6.07, 6.45) is 3.68. The number of aryl methyl sites for hydroxylation is 2. The molecule has 0 aliphatic rings. The lowest BCUT2D eigenvalue weighted by Gasteiger charge is -2.07. The van der Waals surface area contributed by atoms with Gasteiger partial charge < -0.3 is 15.2 Å². The molecule has 1 aromatic heterocycles. The molecule has 0 saturated heterocycles. The van der Waals surface area contributed by atoms with Gasteiger partial charge in [-0.2, -0.15) is 4.98 Å². The molecule has 1 aromatic carbocycles.